The van der Waals surface area contributed by atoms with Crippen molar-refractivity contribution in [1.82, 2.24) is 4.90 Å². The first-order chi connectivity index (χ1) is 13.4. The monoisotopic (exact) mass is 411 g/mol. The standard InChI is InChI=1S/C20H16N2O4S2/c23-17(21-15-8-4-7-14(12-15)19(25)26)9-10-22-18(24)16(28-20(22)27)11-13-5-2-1-3-6-13/h1-8,11-12H,9-10H2,(H,21,23)(H,25,26)/p-1/b16-11-. The number of nitrogens with one attached hydrogen (secondary N) is 1. The molecule has 0 spiro atoms. The number of rotatable bonds is 6. The minimum Gasteiger partial charge on any atom is -0.545 e. The summed E-state index contributed by atoms with van der Waals surface area (Å²) in [5.74, 6) is -1.90. The Hall–Kier alpha value is -2.97. The van der Waals surface area contributed by atoms with Gasteiger partial charge in [-0.3, -0.25) is 14.5 Å². The van der Waals surface area contributed by atoms with Gasteiger partial charge in [-0.05, 0) is 29.3 Å². The van der Waals surface area contributed by atoms with E-state index in [-0.39, 0.29) is 30.3 Å². The first-order valence-corrected chi connectivity index (χ1v) is 9.58. The highest BCUT2D eigenvalue weighted by Gasteiger charge is 2.32. The van der Waals surface area contributed by atoms with Gasteiger partial charge < -0.3 is 15.2 Å². The van der Waals surface area contributed by atoms with Gasteiger partial charge in [-0.15, -0.1) is 0 Å². The molecule has 0 atom stereocenters. The average molecular weight is 411 g/mol. The van der Waals surface area contributed by atoms with Crippen LogP contribution in [0.3, 0.4) is 0 Å². The lowest BCUT2D eigenvalue weighted by Gasteiger charge is -2.14. The topological polar surface area (TPSA) is 89.5 Å². The van der Waals surface area contributed by atoms with Crippen molar-refractivity contribution in [2.24, 2.45) is 0 Å². The van der Waals surface area contributed by atoms with Crippen molar-refractivity contribution in [3.63, 3.8) is 0 Å². The molecule has 0 unspecified atom stereocenters. The maximum absolute atomic E-state index is 12.6. The van der Waals surface area contributed by atoms with Crippen LogP contribution in [0.1, 0.15) is 22.3 Å². The number of carboxylic acids is 1. The van der Waals surface area contributed by atoms with Gasteiger partial charge in [0.15, 0.2) is 0 Å². The number of nitrogens with zero attached hydrogens (tertiary/aromatic N) is 1. The van der Waals surface area contributed by atoms with Gasteiger partial charge in [0.05, 0.1) is 10.9 Å². The van der Waals surface area contributed by atoms with E-state index < -0.39 is 5.97 Å². The van der Waals surface area contributed by atoms with Crippen molar-refractivity contribution < 1.29 is 19.5 Å². The third-order valence-corrected chi connectivity index (χ3v) is 5.29. The lowest BCUT2D eigenvalue weighted by Crippen LogP contribution is -2.31. The Bertz CT molecular complexity index is 973. The fourth-order valence-corrected chi connectivity index (χ4v) is 3.86. The molecule has 0 radical (unpaired) electrons. The zero-order chi connectivity index (χ0) is 20.1. The number of hydrogen-bond donors (Lipinski definition) is 1. The molecule has 2 aromatic carbocycles. The molecule has 1 fully saturated rings. The number of thiocarbonyl (C=S) groups is 1. The van der Waals surface area contributed by atoms with Crippen molar-refractivity contribution >= 4 is 57.8 Å². The molecule has 1 saturated heterocycles. The molecule has 8 heteroatoms. The fourth-order valence-electron chi connectivity index (χ4n) is 2.55. The van der Waals surface area contributed by atoms with Crippen LogP contribution in [0.2, 0.25) is 0 Å². The van der Waals surface area contributed by atoms with Crippen molar-refractivity contribution in [2.75, 3.05) is 11.9 Å². The largest absolute Gasteiger partial charge is 0.545 e. The van der Waals surface area contributed by atoms with E-state index in [1.807, 2.05) is 30.3 Å². The third-order valence-electron chi connectivity index (χ3n) is 3.92. The lowest BCUT2D eigenvalue weighted by atomic mass is 10.2. The average Bonchev–Trinajstić information content (AvgIpc) is 2.94. The van der Waals surface area contributed by atoms with Gasteiger partial charge in [0.1, 0.15) is 4.32 Å². The summed E-state index contributed by atoms with van der Waals surface area (Å²) in [5, 5.41) is 13.5. The maximum atomic E-state index is 12.6. The number of carbonyl (C=O) groups excluding carboxylic acids is 3. The second kappa shape index (κ2) is 8.81. The first-order valence-electron chi connectivity index (χ1n) is 8.36. The van der Waals surface area contributed by atoms with Crippen molar-refractivity contribution in [2.45, 2.75) is 6.42 Å². The van der Waals surface area contributed by atoms with E-state index in [1.165, 1.54) is 34.9 Å². The van der Waals surface area contributed by atoms with E-state index in [0.717, 1.165) is 5.56 Å². The molecule has 1 aliphatic rings. The Morgan fingerprint density at radius 3 is 2.61 bits per heavy atom. The van der Waals surface area contributed by atoms with Crippen LogP contribution in [0.5, 0.6) is 0 Å². The van der Waals surface area contributed by atoms with E-state index in [9.17, 15) is 19.5 Å². The highest BCUT2D eigenvalue weighted by Crippen LogP contribution is 2.32. The van der Waals surface area contributed by atoms with Crippen LogP contribution >= 0.6 is 24.0 Å². The molecular formula is C20H15N2O4S2-. The molecule has 0 aromatic heterocycles. The minimum atomic E-state index is -1.32. The minimum absolute atomic E-state index is 0.0270. The first kappa shape index (κ1) is 19.8. The summed E-state index contributed by atoms with van der Waals surface area (Å²) < 4.78 is 0.402. The molecule has 2 amide bonds. The number of aromatic carboxylic acids is 1. The summed E-state index contributed by atoms with van der Waals surface area (Å²) in [6, 6.07) is 15.2. The smallest absolute Gasteiger partial charge is 0.266 e. The van der Waals surface area contributed by atoms with Crippen LogP contribution in [0.25, 0.3) is 6.08 Å². The van der Waals surface area contributed by atoms with E-state index in [1.54, 1.807) is 12.1 Å². The molecule has 0 bridgehead atoms. The second-order valence-corrected chi connectivity index (χ2v) is 7.59. The van der Waals surface area contributed by atoms with E-state index >= 15 is 0 Å². The summed E-state index contributed by atoms with van der Waals surface area (Å²) in [4.78, 5) is 37.5. The van der Waals surface area contributed by atoms with Gasteiger partial charge in [-0.25, -0.2) is 0 Å². The van der Waals surface area contributed by atoms with Gasteiger partial charge in [0, 0.05) is 18.7 Å². The number of carbonyl (C=O) groups is 3. The molecule has 3 rings (SSSR count). The van der Waals surface area contributed by atoms with E-state index in [0.29, 0.717) is 14.9 Å². The molecule has 142 valence electrons. The van der Waals surface area contributed by atoms with E-state index in [2.05, 4.69) is 5.32 Å². The Morgan fingerprint density at radius 2 is 1.89 bits per heavy atom. The number of carboxylic acid groups (broad SMARTS) is 1. The van der Waals surface area contributed by atoms with Crippen LogP contribution < -0.4 is 10.4 Å². The predicted molar refractivity (Wildman–Crippen MR) is 110 cm³/mol. The van der Waals surface area contributed by atoms with Crippen LogP contribution in [-0.4, -0.2) is 33.5 Å². The van der Waals surface area contributed by atoms with Crippen molar-refractivity contribution in [3.8, 4) is 0 Å². The Kier molecular flexibility index (Phi) is 6.23. The number of benzene rings is 2. The quantitative estimate of drug-likeness (QED) is 0.579. The number of anilines is 1. The van der Waals surface area contributed by atoms with Crippen molar-refractivity contribution in [3.05, 3.63) is 70.6 Å². The summed E-state index contributed by atoms with van der Waals surface area (Å²) in [6.07, 6.45) is 1.80. The summed E-state index contributed by atoms with van der Waals surface area (Å²) in [5.41, 5.74) is 1.22. The summed E-state index contributed by atoms with van der Waals surface area (Å²) in [6.45, 7) is 0.142. The molecule has 1 N–H and O–H groups in total. The van der Waals surface area contributed by atoms with E-state index in [4.69, 9.17) is 12.2 Å². The van der Waals surface area contributed by atoms with Gasteiger partial charge in [-0.1, -0.05) is 66.4 Å². The second-order valence-electron chi connectivity index (χ2n) is 5.91. The number of thioether (sulfide) groups is 1. The van der Waals surface area contributed by atoms with Crippen molar-refractivity contribution in [1.29, 1.82) is 0 Å². The van der Waals surface area contributed by atoms with Crippen LogP contribution in [0, 0.1) is 0 Å². The van der Waals surface area contributed by atoms with Gasteiger partial charge >= 0.3 is 0 Å². The normalized spacial score (nSPS) is 15.1. The Labute approximate surface area is 171 Å². The summed E-state index contributed by atoms with van der Waals surface area (Å²) in [7, 11) is 0. The summed E-state index contributed by atoms with van der Waals surface area (Å²) >= 11 is 6.46. The van der Waals surface area contributed by atoms with Gasteiger partial charge in [0.25, 0.3) is 5.91 Å². The maximum Gasteiger partial charge on any atom is 0.266 e. The molecule has 0 saturated carbocycles. The van der Waals surface area contributed by atoms with Crippen LogP contribution in [0.15, 0.2) is 59.5 Å². The molecule has 0 aliphatic carbocycles. The van der Waals surface area contributed by atoms with Crippen LogP contribution in [-0.2, 0) is 9.59 Å². The zero-order valence-electron chi connectivity index (χ0n) is 14.6. The van der Waals surface area contributed by atoms with Crippen LogP contribution in [0.4, 0.5) is 5.69 Å². The van der Waals surface area contributed by atoms with Gasteiger partial charge in [0.2, 0.25) is 5.91 Å². The zero-order valence-corrected chi connectivity index (χ0v) is 16.2. The fraction of sp³-hybridized carbons (Fsp3) is 0.100. The molecular weight excluding hydrogens is 396 g/mol. The van der Waals surface area contributed by atoms with Gasteiger partial charge in [-0.2, -0.15) is 0 Å². The molecule has 1 heterocycles. The molecule has 28 heavy (non-hydrogen) atoms. The number of amides is 2. The molecule has 1 aliphatic heterocycles. The SMILES string of the molecule is O=C(CCN1C(=O)/C(=C/c2ccccc2)SC1=S)Nc1cccc(C(=O)[O-])c1. The highest BCUT2D eigenvalue weighted by atomic mass is 32.2. The highest BCUT2D eigenvalue weighted by molar-refractivity contribution is 8.26. The third kappa shape index (κ3) is 4.85. The Balaban J connectivity index is 1.59. The number of hydrogen-bond acceptors (Lipinski definition) is 6. The lowest BCUT2D eigenvalue weighted by molar-refractivity contribution is -0.255. The molecule has 2 aromatic rings. The predicted octanol–water partition coefficient (Wildman–Crippen LogP) is 2.28. The Morgan fingerprint density at radius 1 is 1.14 bits per heavy atom. The molecule has 6 nitrogen and oxygen atoms in total.